The number of hydrogen-bond donors (Lipinski definition) is 0. The van der Waals surface area contributed by atoms with Crippen molar-refractivity contribution in [1.82, 2.24) is 15.0 Å². The number of rotatable bonds is 1. The second kappa shape index (κ2) is 2.35. The molecule has 0 spiro atoms. The van der Waals surface area contributed by atoms with Crippen LogP contribution in [0.3, 0.4) is 0 Å². The quantitative estimate of drug-likeness (QED) is 0.589. The molecule has 0 aliphatic heterocycles. The number of hydrogen-bond acceptors (Lipinski definition) is 3. The highest BCUT2D eigenvalue weighted by molar-refractivity contribution is 5.19. The van der Waals surface area contributed by atoms with Crippen LogP contribution in [-0.4, -0.2) is 15.0 Å². The second-order valence-corrected chi connectivity index (χ2v) is 2.98. The summed E-state index contributed by atoms with van der Waals surface area (Å²) in [7, 11) is 1.78. The minimum absolute atomic E-state index is 0.502. The van der Waals surface area contributed by atoms with Crippen LogP contribution in [0.1, 0.15) is 19.5 Å². The lowest BCUT2D eigenvalue weighted by molar-refractivity contribution is 0.580. The minimum Gasteiger partial charge on any atom is -0.251 e. The SMILES string of the molecule is Cn1nncc1C(C)(C)C#N. The fourth-order valence-electron chi connectivity index (χ4n) is 0.913. The summed E-state index contributed by atoms with van der Waals surface area (Å²) in [4.78, 5) is 0. The van der Waals surface area contributed by atoms with E-state index in [1.807, 2.05) is 13.8 Å². The first-order valence-corrected chi connectivity index (χ1v) is 3.34. The molecule has 1 aromatic rings. The number of nitriles is 1. The standard InChI is InChI=1S/C7H10N4/c1-7(2,5-8)6-4-9-10-11(6)3/h4H,1-3H3. The predicted molar refractivity (Wildman–Crippen MR) is 39.6 cm³/mol. The van der Waals surface area contributed by atoms with Crippen LogP contribution in [0.25, 0.3) is 0 Å². The topological polar surface area (TPSA) is 54.5 Å². The molecule has 0 atom stereocenters. The normalized spacial score (nSPS) is 11.1. The maximum Gasteiger partial charge on any atom is 0.0950 e. The molecule has 58 valence electrons. The molecule has 0 bridgehead atoms. The highest BCUT2D eigenvalue weighted by Gasteiger charge is 2.23. The zero-order chi connectivity index (χ0) is 8.48. The lowest BCUT2D eigenvalue weighted by Gasteiger charge is -2.13. The van der Waals surface area contributed by atoms with Crippen LogP contribution in [0, 0.1) is 11.3 Å². The van der Waals surface area contributed by atoms with Gasteiger partial charge in [-0.3, -0.25) is 4.68 Å². The summed E-state index contributed by atoms with van der Waals surface area (Å²) in [5.74, 6) is 0. The van der Waals surface area contributed by atoms with Gasteiger partial charge in [0, 0.05) is 7.05 Å². The van der Waals surface area contributed by atoms with E-state index in [4.69, 9.17) is 5.26 Å². The van der Waals surface area contributed by atoms with Crippen molar-refractivity contribution in [1.29, 1.82) is 5.26 Å². The van der Waals surface area contributed by atoms with Crippen LogP contribution < -0.4 is 0 Å². The molecule has 0 saturated carbocycles. The summed E-state index contributed by atoms with van der Waals surface area (Å²) >= 11 is 0. The third-order valence-electron chi connectivity index (χ3n) is 1.63. The Labute approximate surface area is 65.4 Å². The van der Waals surface area contributed by atoms with Gasteiger partial charge in [0.05, 0.1) is 23.4 Å². The van der Waals surface area contributed by atoms with E-state index >= 15 is 0 Å². The van der Waals surface area contributed by atoms with Crippen LogP contribution in [0.2, 0.25) is 0 Å². The average Bonchev–Trinajstić information content (AvgIpc) is 2.36. The van der Waals surface area contributed by atoms with Gasteiger partial charge in [0.1, 0.15) is 0 Å². The molecule has 0 radical (unpaired) electrons. The fourth-order valence-corrected chi connectivity index (χ4v) is 0.913. The van der Waals surface area contributed by atoms with Crippen LogP contribution in [0.4, 0.5) is 0 Å². The molecule has 0 N–H and O–H groups in total. The molecule has 0 saturated heterocycles. The van der Waals surface area contributed by atoms with Crippen molar-refractivity contribution in [3.05, 3.63) is 11.9 Å². The van der Waals surface area contributed by atoms with Gasteiger partial charge in [0.2, 0.25) is 0 Å². The molecule has 1 heterocycles. The van der Waals surface area contributed by atoms with Crippen molar-refractivity contribution in [3.8, 4) is 6.07 Å². The molecular weight excluding hydrogens is 140 g/mol. The lowest BCUT2D eigenvalue weighted by atomic mass is 9.92. The fraction of sp³-hybridized carbons (Fsp3) is 0.571. The Hall–Kier alpha value is -1.37. The van der Waals surface area contributed by atoms with Gasteiger partial charge >= 0.3 is 0 Å². The van der Waals surface area contributed by atoms with Crippen molar-refractivity contribution >= 4 is 0 Å². The Bertz CT molecular complexity index is 292. The first-order valence-electron chi connectivity index (χ1n) is 3.34. The molecule has 0 unspecified atom stereocenters. The molecule has 0 fully saturated rings. The zero-order valence-corrected chi connectivity index (χ0v) is 6.87. The Kier molecular flexibility index (Phi) is 1.65. The smallest absolute Gasteiger partial charge is 0.0950 e. The van der Waals surface area contributed by atoms with E-state index in [1.54, 1.807) is 17.9 Å². The van der Waals surface area contributed by atoms with E-state index in [0.717, 1.165) is 5.69 Å². The Morgan fingerprint density at radius 3 is 2.64 bits per heavy atom. The van der Waals surface area contributed by atoms with Crippen molar-refractivity contribution in [2.75, 3.05) is 0 Å². The van der Waals surface area contributed by atoms with Gasteiger partial charge in [-0.05, 0) is 13.8 Å². The summed E-state index contributed by atoms with van der Waals surface area (Å²) < 4.78 is 1.61. The molecule has 1 aromatic heterocycles. The highest BCUT2D eigenvalue weighted by atomic mass is 15.4. The first kappa shape index (κ1) is 7.73. The predicted octanol–water partition coefficient (Wildman–Crippen LogP) is 0.616. The molecule has 4 heteroatoms. The summed E-state index contributed by atoms with van der Waals surface area (Å²) in [5, 5.41) is 16.2. The van der Waals surface area contributed by atoms with E-state index in [-0.39, 0.29) is 0 Å². The van der Waals surface area contributed by atoms with Crippen molar-refractivity contribution in [2.24, 2.45) is 7.05 Å². The van der Waals surface area contributed by atoms with Crippen molar-refractivity contribution < 1.29 is 0 Å². The number of nitrogens with zero attached hydrogens (tertiary/aromatic N) is 4. The van der Waals surface area contributed by atoms with Gasteiger partial charge in [0.25, 0.3) is 0 Å². The van der Waals surface area contributed by atoms with Gasteiger partial charge < -0.3 is 0 Å². The van der Waals surface area contributed by atoms with E-state index in [0.29, 0.717) is 0 Å². The molecule has 0 aliphatic rings. The van der Waals surface area contributed by atoms with Gasteiger partial charge in [-0.25, -0.2) is 0 Å². The lowest BCUT2D eigenvalue weighted by Crippen LogP contribution is -2.18. The third-order valence-corrected chi connectivity index (χ3v) is 1.63. The molecule has 1 rings (SSSR count). The maximum atomic E-state index is 8.77. The van der Waals surface area contributed by atoms with E-state index in [2.05, 4.69) is 16.4 Å². The molecule has 0 amide bonds. The summed E-state index contributed by atoms with van der Waals surface area (Å²) in [6, 6.07) is 2.18. The van der Waals surface area contributed by atoms with Crippen molar-refractivity contribution in [3.63, 3.8) is 0 Å². The summed E-state index contributed by atoms with van der Waals surface area (Å²) in [6.45, 7) is 3.68. The largest absolute Gasteiger partial charge is 0.251 e. The second-order valence-electron chi connectivity index (χ2n) is 2.98. The van der Waals surface area contributed by atoms with Crippen LogP contribution in [0.5, 0.6) is 0 Å². The average molecular weight is 150 g/mol. The van der Waals surface area contributed by atoms with E-state index in [1.165, 1.54) is 0 Å². The van der Waals surface area contributed by atoms with Gasteiger partial charge in [-0.15, -0.1) is 5.10 Å². The first-order chi connectivity index (χ1) is 5.08. The molecule has 0 aliphatic carbocycles. The van der Waals surface area contributed by atoms with Gasteiger partial charge in [0.15, 0.2) is 0 Å². The molecule has 11 heavy (non-hydrogen) atoms. The Balaban J connectivity index is 3.13. The van der Waals surface area contributed by atoms with E-state index in [9.17, 15) is 0 Å². The summed E-state index contributed by atoms with van der Waals surface area (Å²) in [6.07, 6.45) is 1.61. The van der Waals surface area contributed by atoms with Crippen LogP contribution in [-0.2, 0) is 12.5 Å². The van der Waals surface area contributed by atoms with Crippen molar-refractivity contribution in [2.45, 2.75) is 19.3 Å². The number of aromatic nitrogens is 3. The third kappa shape index (κ3) is 1.22. The van der Waals surface area contributed by atoms with Gasteiger partial charge in [-0.2, -0.15) is 5.26 Å². The zero-order valence-electron chi connectivity index (χ0n) is 6.87. The molecule has 4 nitrogen and oxygen atoms in total. The maximum absolute atomic E-state index is 8.77. The van der Waals surface area contributed by atoms with Crippen LogP contribution in [0.15, 0.2) is 6.20 Å². The van der Waals surface area contributed by atoms with E-state index < -0.39 is 5.41 Å². The number of aryl methyl sites for hydroxylation is 1. The Morgan fingerprint density at radius 2 is 2.27 bits per heavy atom. The molecule has 0 aromatic carbocycles. The minimum atomic E-state index is -0.502. The Morgan fingerprint density at radius 1 is 1.64 bits per heavy atom. The molecular formula is C7H10N4. The highest BCUT2D eigenvalue weighted by Crippen LogP contribution is 2.19. The monoisotopic (exact) mass is 150 g/mol. The summed E-state index contributed by atoms with van der Waals surface area (Å²) in [5.41, 5.74) is 0.332. The van der Waals surface area contributed by atoms with Crippen LogP contribution >= 0.6 is 0 Å². The van der Waals surface area contributed by atoms with Gasteiger partial charge in [-0.1, -0.05) is 5.21 Å².